The van der Waals surface area contributed by atoms with E-state index in [1.54, 1.807) is 44.4 Å². The maximum absolute atomic E-state index is 12.6. The SMILES string of the molecule is COc1ccc(C(=O)Nc2cc(C(C)C(=O)O)ccc2CC(C)C)cc1. The van der Waals surface area contributed by atoms with E-state index >= 15 is 0 Å². The Morgan fingerprint density at radius 3 is 2.27 bits per heavy atom. The summed E-state index contributed by atoms with van der Waals surface area (Å²) in [7, 11) is 1.57. The molecule has 138 valence electrons. The van der Waals surface area contributed by atoms with Crippen molar-refractivity contribution in [2.45, 2.75) is 33.1 Å². The molecule has 2 aromatic carbocycles. The Balaban J connectivity index is 2.32. The molecular weight excluding hydrogens is 330 g/mol. The quantitative estimate of drug-likeness (QED) is 0.775. The fraction of sp³-hybridized carbons (Fsp3) is 0.333. The van der Waals surface area contributed by atoms with Gasteiger partial charge in [0.25, 0.3) is 5.91 Å². The monoisotopic (exact) mass is 355 g/mol. The lowest BCUT2D eigenvalue weighted by Crippen LogP contribution is -2.15. The van der Waals surface area contributed by atoms with Crippen LogP contribution in [0.15, 0.2) is 42.5 Å². The molecule has 2 aromatic rings. The number of carboxylic acid groups (broad SMARTS) is 1. The average molecular weight is 355 g/mol. The second-order valence-electron chi connectivity index (χ2n) is 6.76. The fourth-order valence-electron chi connectivity index (χ4n) is 2.68. The highest BCUT2D eigenvalue weighted by molar-refractivity contribution is 6.04. The molecule has 0 fully saturated rings. The van der Waals surface area contributed by atoms with Gasteiger partial charge in [0.15, 0.2) is 0 Å². The first-order chi connectivity index (χ1) is 12.3. The summed E-state index contributed by atoms with van der Waals surface area (Å²) >= 11 is 0. The number of benzene rings is 2. The summed E-state index contributed by atoms with van der Waals surface area (Å²) in [6.07, 6.45) is 0.792. The first-order valence-electron chi connectivity index (χ1n) is 8.62. The molecule has 5 nitrogen and oxygen atoms in total. The molecule has 0 bridgehead atoms. The van der Waals surface area contributed by atoms with E-state index in [4.69, 9.17) is 4.74 Å². The Hall–Kier alpha value is -2.82. The van der Waals surface area contributed by atoms with Gasteiger partial charge in [0.1, 0.15) is 5.75 Å². The van der Waals surface area contributed by atoms with Crippen LogP contribution < -0.4 is 10.1 Å². The Kier molecular flexibility index (Phi) is 6.39. The second kappa shape index (κ2) is 8.52. The number of carbonyl (C=O) groups is 2. The van der Waals surface area contributed by atoms with Crippen molar-refractivity contribution in [1.29, 1.82) is 0 Å². The van der Waals surface area contributed by atoms with Crippen molar-refractivity contribution in [2.75, 3.05) is 12.4 Å². The molecule has 0 heterocycles. The summed E-state index contributed by atoms with van der Waals surface area (Å²) in [6, 6.07) is 12.3. The lowest BCUT2D eigenvalue weighted by Gasteiger charge is -2.16. The molecule has 0 aliphatic rings. The summed E-state index contributed by atoms with van der Waals surface area (Å²) in [5.41, 5.74) is 2.82. The zero-order valence-corrected chi connectivity index (χ0v) is 15.6. The van der Waals surface area contributed by atoms with Crippen LogP contribution in [-0.4, -0.2) is 24.1 Å². The van der Waals surface area contributed by atoms with Gasteiger partial charge < -0.3 is 15.2 Å². The van der Waals surface area contributed by atoms with Crippen LogP contribution in [0, 0.1) is 5.92 Å². The highest BCUT2D eigenvalue weighted by atomic mass is 16.5. The van der Waals surface area contributed by atoms with Crippen molar-refractivity contribution in [1.82, 2.24) is 0 Å². The van der Waals surface area contributed by atoms with Crippen LogP contribution in [0.2, 0.25) is 0 Å². The van der Waals surface area contributed by atoms with Crippen LogP contribution in [0.25, 0.3) is 0 Å². The lowest BCUT2D eigenvalue weighted by atomic mass is 9.95. The molecule has 2 rings (SSSR count). The standard InChI is InChI=1S/C21H25NO4/c1-13(2)11-17-6-5-16(14(3)21(24)25)12-19(17)22-20(23)15-7-9-18(26-4)10-8-15/h5-10,12-14H,11H2,1-4H3,(H,22,23)(H,24,25). The van der Waals surface area contributed by atoms with E-state index in [1.807, 2.05) is 12.1 Å². The molecular formula is C21H25NO4. The third kappa shape index (κ3) is 4.85. The van der Waals surface area contributed by atoms with Gasteiger partial charge in [0, 0.05) is 11.3 Å². The van der Waals surface area contributed by atoms with Crippen LogP contribution in [0.3, 0.4) is 0 Å². The number of aliphatic carboxylic acids is 1. The van der Waals surface area contributed by atoms with E-state index in [0.717, 1.165) is 12.0 Å². The highest BCUT2D eigenvalue weighted by Gasteiger charge is 2.17. The smallest absolute Gasteiger partial charge is 0.310 e. The van der Waals surface area contributed by atoms with Gasteiger partial charge in [-0.2, -0.15) is 0 Å². The van der Waals surface area contributed by atoms with Gasteiger partial charge in [-0.15, -0.1) is 0 Å². The first-order valence-corrected chi connectivity index (χ1v) is 8.62. The molecule has 1 atom stereocenters. The van der Waals surface area contributed by atoms with E-state index in [9.17, 15) is 14.7 Å². The van der Waals surface area contributed by atoms with Gasteiger partial charge in [-0.1, -0.05) is 26.0 Å². The zero-order chi connectivity index (χ0) is 19.3. The normalized spacial score (nSPS) is 11.9. The molecule has 0 aliphatic heterocycles. The minimum Gasteiger partial charge on any atom is -0.497 e. The van der Waals surface area contributed by atoms with Gasteiger partial charge in [0.05, 0.1) is 13.0 Å². The lowest BCUT2D eigenvalue weighted by molar-refractivity contribution is -0.138. The van der Waals surface area contributed by atoms with E-state index in [-0.39, 0.29) is 5.91 Å². The van der Waals surface area contributed by atoms with Crippen molar-refractivity contribution in [2.24, 2.45) is 5.92 Å². The Labute approximate surface area is 154 Å². The molecule has 0 radical (unpaired) electrons. The number of methoxy groups -OCH3 is 1. The number of hydrogen-bond donors (Lipinski definition) is 2. The summed E-state index contributed by atoms with van der Waals surface area (Å²) in [5.74, 6) is -0.680. The minimum absolute atomic E-state index is 0.238. The van der Waals surface area contributed by atoms with Crippen LogP contribution in [-0.2, 0) is 11.2 Å². The number of nitrogens with one attached hydrogen (secondary N) is 1. The summed E-state index contributed by atoms with van der Waals surface area (Å²) in [6.45, 7) is 5.83. The van der Waals surface area contributed by atoms with E-state index < -0.39 is 11.9 Å². The third-order valence-electron chi connectivity index (χ3n) is 4.23. The van der Waals surface area contributed by atoms with E-state index in [2.05, 4.69) is 19.2 Å². The summed E-state index contributed by atoms with van der Waals surface area (Å²) < 4.78 is 5.11. The van der Waals surface area contributed by atoms with E-state index in [1.165, 1.54) is 0 Å². The zero-order valence-electron chi connectivity index (χ0n) is 15.6. The predicted octanol–water partition coefficient (Wildman–Crippen LogP) is 4.33. The van der Waals surface area contributed by atoms with E-state index in [0.29, 0.717) is 28.5 Å². The number of carboxylic acids is 1. The molecule has 0 aromatic heterocycles. The topological polar surface area (TPSA) is 75.6 Å². The summed E-state index contributed by atoms with van der Waals surface area (Å²) in [4.78, 5) is 23.9. The molecule has 0 aliphatic carbocycles. The molecule has 5 heteroatoms. The first kappa shape index (κ1) is 19.5. The Morgan fingerprint density at radius 2 is 1.73 bits per heavy atom. The number of carbonyl (C=O) groups excluding carboxylic acids is 1. The molecule has 0 saturated carbocycles. The minimum atomic E-state index is -0.894. The highest BCUT2D eigenvalue weighted by Crippen LogP contribution is 2.26. The van der Waals surface area contributed by atoms with Crippen LogP contribution in [0.1, 0.15) is 48.2 Å². The maximum Gasteiger partial charge on any atom is 0.310 e. The number of hydrogen-bond acceptors (Lipinski definition) is 3. The van der Waals surface area contributed by atoms with Crippen LogP contribution >= 0.6 is 0 Å². The molecule has 0 saturated heterocycles. The Morgan fingerprint density at radius 1 is 1.08 bits per heavy atom. The van der Waals surface area contributed by atoms with Crippen molar-refractivity contribution < 1.29 is 19.4 Å². The fourth-order valence-corrected chi connectivity index (χ4v) is 2.68. The number of anilines is 1. The molecule has 1 unspecified atom stereocenters. The van der Waals surface area contributed by atoms with Gasteiger partial charge in [0.2, 0.25) is 0 Å². The molecule has 0 spiro atoms. The van der Waals surface area contributed by atoms with Gasteiger partial charge in [-0.25, -0.2) is 0 Å². The Bertz CT molecular complexity index is 781. The summed E-state index contributed by atoms with van der Waals surface area (Å²) in [5, 5.41) is 12.2. The average Bonchev–Trinajstić information content (AvgIpc) is 2.62. The number of rotatable bonds is 7. The van der Waals surface area contributed by atoms with Gasteiger partial charge >= 0.3 is 5.97 Å². The molecule has 2 N–H and O–H groups in total. The number of amides is 1. The largest absolute Gasteiger partial charge is 0.497 e. The maximum atomic E-state index is 12.6. The van der Waals surface area contributed by atoms with Crippen molar-refractivity contribution in [3.63, 3.8) is 0 Å². The molecule has 26 heavy (non-hydrogen) atoms. The molecule has 1 amide bonds. The predicted molar refractivity (Wildman–Crippen MR) is 102 cm³/mol. The van der Waals surface area contributed by atoms with Crippen molar-refractivity contribution in [3.05, 3.63) is 59.2 Å². The second-order valence-corrected chi connectivity index (χ2v) is 6.76. The van der Waals surface area contributed by atoms with Crippen molar-refractivity contribution >= 4 is 17.6 Å². The van der Waals surface area contributed by atoms with Gasteiger partial charge in [-0.3, -0.25) is 9.59 Å². The van der Waals surface area contributed by atoms with Crippen molar-refractivity contribution in [3.8, 4) is 5.75 Å². The third-order valence-corrected chi connectivity index (χ3v) is 4.23. The number of ether oxygens (including phenoxy) is 1. The van der Waals surface area contributed by atoms with Crippen LogP contribution in [0.5, 0.6) is 5.75 Å². The van der Waals surface area contributed by atoms with Gasteiger partial charge in [-0.05, 0) is 60.7 Å². The van der Waals surface area contributed by atoms with Crippen LogP contribution in [0.4, 0.5) is 5.69 Å².